The number of rotatable bonds is 6. The van der Waals surface area contributed by atoms with Crippen LogP contribution in [0, 0.1) is 0 Å². The molecule has 0 unspecified atom stereocenters. The van der Waals surface area contributed by atoms with E-state index >= 15 is 0 Å². The summed E-state index contributed by atoms with van der Waals surface area (Å²) in [5.41, 5.74) is 2.42. The third-order valence-electron chi connectivity index (χ3n) is 5.18. The first-order valence-electron chi connectivity index (χ1n) is 9.28. The molecular formula is C19H25N5O4. The molecule has 2 aliphatic heterocycles. The summed E-state index contributed by atoms with van der Waals surface area (Å²) in [4.78, 5) is 14.6. The maximum absolute atomic E-state index is 12.6. The maximum Gasteiger partial charge on any atom is 0.251 e. The van der Waals surface area contributed by atoms with E-state index in [1.165, 1.54) is 0 Å². The minimum atomic E-state index is -0.204. The molecule has 150 valence electrons. The van der Waals surface area contributed by atoms with Crippen LogP contribution in [0.3, 0.4) is 0 Å². The number of aromatic nitrogens is 3. The van der Waals surface area contributed by atoms with Crippen molar-refractivity contribution < 1.29 is 19.0 Å². The van der Waals surface area contributed by atoms with Crippen molar-refractivity contribution in [1.82, 2.24) is 20.3 Å². The summed E-state index contributed by atoms with van der Waals surface area (Å²) in [7, 11) is 5.55. The molecule has 2 aromatic rings. The summed E-state index contributed by atoms with van der Waals surface area (Å²) in [6.07, 6.45) is 1.48. The molecule has 2 aliphatic rings. The van der Waals surface area contributed by atoms with Crippen LogP contribution in [0.25, 0.3) is 0 Å². The van der Waals surface area contributed by atoms with Gasteiger partial charge in [0.1, 0.15) is 23.9 Å². The van der Waals surface area contributed by atoms with E-state index in [-0.39, 0.29) is 30.2 Å². The second-order valence-electron chi connectivity index (χ2n) is 7.31. The quantitative estimate of drug-likeness (QED) is 0.777. The fourth-order valence-electron chi connectivity index (χ4n) is 3.68. The summed E-state index contributed by atoms with van der Waals surface area (Å²) >= 11 is 0. The predicted octanol–water partition coefficient (Wildman–Crippen LogP) is 0.628. The zero-order chi connectivity index (χ0) is 19.7. The molecule has 9 heteroatoms. The molecule has 2 saturated heterocycles. The summed E-state index contributed by atoms with van der Waals surface area (Å²) < 4.78 is 18.7. The van der Waals surface area contributed by atoms with Gasteiger partial charge in [0, 0.05) is 32.5 Å². The first-order chi connectivity index (χ1) is 13.6. The van der Waals surface area contributed by atoms with Gasteiger partial charge in [-0.3, -0.25) is 4.79 Å². The Bertz CT molecular complexity index is 822. The Morgan fingerprint density at radius 3 is 2.71 bits per heavy atom. The Morgan fingerprint density at radius 2 is 2.00 bits per heavy atom. The first kappa shape index (κ1) is 18.9. The van der Waals surface area contributed by atoms with Gasteiger partial charge in [0.2, 0.25) is 0 Å². The molecule has 1 aromatic carbocycles. The van der Waals surface area contributed by atoms with Gasteiger partial charge in [-0.05, 0) is 24.3 Å². The van der Waals surface area contributed by atoms with Crippen molar-refractivity contribution in [2.45, 2.75) is 30.9 Å². The van der Waals surface area contributed by atoms with Crippen LogP contribution in [0.15, 0.2) is 30.5 Å². The fourth-order valence-corrected chi connectivity index (χ4v) is 3.68. The van der Waals surface area contributed by atoms with Crippen LogP contribution in [-0.2, 0) is 20.8 Å². The third-order valence-corrected chi connectivity index (χ3v) is 5.18. The van der Waals surface area contributed by atoms with Crippen molar-refractivity contribution >= 4 is 11.6 Å². The Morgan fingerprint density at radius 1 is 1.25 bits per heavy atom. The minimum Gasteiger partial charge on any atom is -0.378 e. The van der Waals surface area contributed by atoms with Gasteiger partial charge in [-0.1, -0.05) is 5.21 Å². The normalized spacial score (nSPS) is 26.2. The van der Waals surface area contributed by atoms with Gasteiger partial charge in [0.25, 0.3) is 5.91 Å². The highest BCUT2D eigenvalue weighted by molar-refractivity contribution is 5.94. The minimum absolute atomic E-state index is 0.0654. The van der Waals surface area contributed by atoms with E-state index in [1.807, 2.05) is 49.5 Å². The highest BCUT2D eigenvalue weighted by Gasteiger charge is 2.49. The van der Waals surface area contributed by atoms with E-state index < -0.39 is 0 Å². The van der Waals surface area contributed by atoms with Crippen molar-refractivity contribution in [3.63, 3.8) is 0 Å². The van der Waals surface area contributed by atoms with Crippen LogP contribution >= 0.6 is 0 Å². The molecule has 1 aromatic heterocycles. The van der Waals surface area contributed by atoms with Crippen LogP contribution in [-0.4, -0.2) is 73.6 Å². The molecule has 0 bridgehead atoms. The zero-order valence-corrected chi connectivity index (χ0v) is 16.2. The standard InChI is InChI=1S/C19H25N5O4/c1-23(2)14-6-4-12(5-7-14)19(25)20-15-10-27-18-16(11-28-17(15)18)24-8-13(9-26-3)21-22-24/h4-8,15-18H,9-11H2,1-3H3,(H,20,25)/t15-,16-,17+,18+/m0/s1. The third kappa shape index (κ3) is 3.60. The molecule has 1 amide bonds. The number of carbonyl (C=O) groups is 1. The molecule has 4 rings (SSSR count). The van der Waals surface area contributed by atoms with Crippen molar-refractivity contribution in [3.8, 4) is 0 Å². The van der Waals surface area contributed by atoms with Gasteiger partial charge in [-0.25, -0.2) is 4.68 Å². The fraction of sp³-hybridized carbons (Fsp3) is 0.526. The molecule has 3 heterocycles. The summed E-state index contributed by atoms with van der Waals surface area (Å²) in [5, 5.41) is 11.3. The number of nitrogens with zero attached hydrogens (tertiary/aromatic N) is 4. The number of anilines is 1. The smallest absolute Gasteiger partial charge is 0.251 e. The number of carbonyl (C=O) groups excluding carboxylic acids is 1. The summed E-state index contributed by atoms with van der Waals surface area (Å²) in [6.45, 7) is 1.29. The Balaban J connectivity index is 1.39. The van der Waals surface area contributed by atoms with Gasteiger partial charge in [-0.2, -0.15) is 0 Å². The van der Waals surface area contributed by atoms with Crippen molar-refractivity contribution in [2.75, 3.05) is 39.3 Å². The lowest BCUT2D eigenvalue weighted by Gasteiger charge is -2.18. The second-order valence-corrected chi connectivity index (χ2v) is 7.31. The number of fused-ring (bicyclic) bond motifs is 1. The summed E-state index contributed by atoms with van der Waals surface area (Å²) in [6, 6.07) is 7.23. The monoisotopic (exact) mass is 387 g/mol. The maximum atomic E-state index is 12.6. The zero-order valence-electron chi connectivity index (χ0n) is 16.2. The van der Waals surface area contributed by atoms with Crippen LogP contribution in [0.5, 0.6) is 0 Å². The molecule has 9 nitrogen and oxygen atoms in total. The lowest BCUT2D eigenvalue weighted by molar-refractivity contribution is 0.0613. The molecule has 1 N–H and O–H groups in total. The Hall–Kier alpha value is -2.49. The van der Waals surface area contributed by atoms with Crippen molar-refractivity contribution in [2.24, 2.45) is 0 Å². The van der Waals surface area contributed by atoms with Crippen molar-refractivity contribution in [1.29, 1.82) is 0 Å². The number of ether oxygens (including phenoxy) is 3. The van der Waals surface area contributed by atoms with Crippen molar-refractivity contribution in [3.05, 3.63) is 41.7 Å². The lowest BCUT2D eigenvalue weighted by atomic mass is 10.1. The highest BCUT2D eigenvalue weighted by Crippen LogP contribution is 2.34. The Labute approximate surface area is 163 Å². The molecule has 0 radical (unpaired) electrons. The van der Waals surface area contributed by atoms with Crippen LogP contribution < -0.4 is 10.2 Å². The average Bonchev–Trinajstić information content (AvgIpc) is 3.40. The van der Waals surface area contributed by atoms with E-state index in [2.05, 4.69) is 15.6 Å². The highest BCUT2D eigenvalue weighted by atomic mass is 16.6. The van der Waals surface area contributed by atoms with E-state index in [9.17, 15) is 4.79 Å². The van der Waals surface area contributed by atoms with E-state index in [0.717, 1.165) is 11.4 Å². The number of methoxy groups -OCH3 is 1. The van der Waals surface area contributed by atoms with Gasteiger partial charge in [0.05, 0.1) is 32.1 Å². The SMILES string of the molecule is COCc1cn([C@H]2CO[C@H]3[C@@H]2OC[C@@H]3NC(=O)c2ccc(N(C)C)cc2)nn1. The van der Waals surface area contributed by atoms with Crippen LogP contribution in [0.1, 0.15) is 22.1 Å². The van der Waals surface area contributed by atoms with Gasteiger partial charge >= 0.3 is 0 Å². The number of nitrogens with one attached hydrogen (secondary N) is 1. The van der Waals surface area contributed by atoms with Crippen LogP contribution in [0.2, 0.25) is 0 Å². The van der Waals surface area contributed by atoms with E-state index in [1.54, 1.807) is 11.8 Å². The molecule has 2 fully saturated rings. The number of amides is 1. The topological polar surface area (TPSA) is 90.7 Å². The summed E-state index contributed by atoms with van der Waals surface area (Å²) in [5.74, 6) is -0.130. The largest absolute Gasteiger partial charge is 0.378 e. The first-order valence-corrected chi connectivity index (χ1v) is 9.28. The van der Waals surface area contributed by atoms with E-state index in [0.29, 0.717) is 25.4 Å². The molecule has 4 atom stereocenters. The van der Waals surface area contributed by atoms with Gasteiger partial charge in [0.15, 0.2) is 0 Å². The molecule has 0 spiro atoms. The molecule has 0 saturated carbocycles. The van der Waals surface area contributed by atoms with Gasteiger partial charge < -0.3 is 24.4 Å². The number of benzene rings is 1. The Kier molecular flexibility index (Phi) is 5.29. The second kappa shape index (κ2) is 7.86. The molecular weight excluding hydrogens is 362 g/mol. The molecule has 0 aliphatic carbocycles. The lowest BCUT2D eigenvalue weighted by Crippen LogP contribution is -2.44. The number of hydrogen-bond acceptors (Lipinski definition) is 7. The van der Waals surface area contributed by atoms with E-state index in [4.69, 9.17) is 14.2 Å². The molecule has 28 heavy (non-hydrogen) atoms. The predicted molar refractivity (Wildman–Crippen MR) is 101 cm³/mol. The van der Waals surface area contributed by atoms with Gasteiger partial charge in [-0.15, -0.1) is 5.10 Å². The van der Waals surface area contributed by atoms with Crippen LogP contribution in [0.4, 0.5) is 5.69 Å². The average molecular weight is 387 g/mol. The number of hydrogen-bond donors (Lipinski definition) is 1.